The Hall–Kier alpha value is -0.740. The number of hydrogen-bond donors (Lipinski definition) is 1. The Morgan fingerprint density at radius 2 is 2.31 bits per heavy atom. The van der Waals surface area contributed by atoms with Gasteiger partial charge in [0, 0.05) is 26.0 Å². The topological polar surface area (TPSA) is 34.1 Å². The molecule has 16 heavy (non-hydrogen) atoms. The molecule has 0 aliphatic heterocycles. The van der Waals surface area contributed by atoms with Crippen molar-refractivity contribution in [3.8, 4) is 0 Å². The Bertz CT molecular complexity index is 294. The maximum atomic E-state index is 5.01. The smallest absolute Gasteiger partial charge is 0.126 e. The van der Waals surface area contributed by atoms with Gasteiger partial charge in [0.15, 0.2) is 0 Å². The molecule has 4 heteroatoms. The minimum atomic E-state index is 0.845. The molecule has 0 atom stereocenters. The fourth-order valence-corrected chi connectivity index (χ4v) is 2.16. The van der Waals surface area contributed by atoms with Crippen LogP contribution >= 0.6 is 11.8 Å². The third-order valence-electron chi connectivity index (χ3n) is 2.05. The van der Waals surface area contributed by atoms with Crippen LogP contribution in [0.4, 0.5) is 5.82 Å². The fourth-order valence-electron chi connectivity index (χ4n) is 1.32. The van der Waals surface area contributed by atoms with Gasteiger partial charge in [-0.25, -0.2) is 4.98 Å². The lowest BCUT2D eigenvalue weighted by Gasteiger charge is -2.05. The number of anilines is 1. The number of methoxy groups -OCH3 is 1. The van der Waals surface area contributed by atoms with E-state index in [9.17, 15) is 0 Å². The molecule has 0 unspecified atom stereocenters. The van der Waals surface area contributed by atoms with E-state index in [2.05, 4.69) is 29.4 Å². The number of hydrogen-bond acceptors (Lipinski definition) is 4. The zero-order valence-electron chi connectivity index (χ0n) is 10.0. The summed E-state index contributed by atoms with van der Waals surface area (Å²) in [5, 5.41) is 3.22. The monoisotopic (exact) mass is 240 g/mol. The van der Waals surface area contributed by atoms with Crippen LogP contribution in [0, 0.1) is 0 Å². The number of ether oxygens (including phenoxy) is 1. The standard InChI is InChI=1S/C12H20N2OS/c1-3-13-12-7-4-6-11(14-12)10-16-9-5-8-15-2/h4,6-7H,3,5,8-10H2,1-2H3,(H,13,14). The van der Waals surface area contributed by atoms with Gasteiger partial charge in [-0.3, -0.25) is 0 Å². The SMILES string of the molecule is CCNc1cccc(CSCCCOC)n1. The average Bonchev–Trinajstić information content (AvgIpc) is 2.30. The highest BCUT2D eigenvalue weighted by molar-refractivity contribution is 7.98. The predicted molar refractivity (Wildman–Crippen MR) is 71.1 cm³/mol. The van der Waals surface area contributed by atoms with Crippen LogP contribution in [0.3, 0.4) is 0 Å². The Labute approximate surface area is 102 Å². The molecule has 90 valence electrons. The molecule has 1 aromatic rings. The average molecular weight is 240 g/mol. The molecule has 0 aliphatic carbocycles. The van der Waals surface area contributed by atoms with E-state index in [1.807, 2.05) is 17.8 Å². The van der Waals surface area contributed by atoms with Crippen LogP contribution in [-0.2, 0) is 10.5 Å². The second-order valence-corrected chi connectivity index (χ2v) is 4.55. The van der Waals surface area contributed by atoms with Gasteiger partial charge in [-0.05, 0) is 31.2 Å². The Balaban J connectivity index is 2.27. The number of pyridine rings is 1. The molecule has 1 heterocycles. The van der Waals surface area contributed by atoms with Crippen LogP contribution in [0.15, 0.2) is 18.2 Å². The zero-order valence-corrected chi connectivity index (χ0v) is 10.8. The molecule has 1 aromatic heterocycles. The molecule has 1 rings (SSSR count). The van der Waals surface area contributed by atoms with Crippen molar-refractivity contribution in [2.24, 2.45) is 0 Å². The molecular weight excluding hydrogens is 220 g/mol. The van der Waals surface area contributed by atoms with Crippen molar-refractivity contribution in [3.05, 3.63) is 23.9 Å². The lowest BCUT2D eigenvalue weighted by atomic mass is 10.4. The van der Waals surface area contributed by atoms with E-state index in [-0.39, 0.29) is 0 Å². The minimum absolute atomic E-state index is 0.845. The molecule has 0 aromatic carbocycles. The second-order valence-electron chi connectivity index (χ2n) is 3.44. The number of aromatic nitrogens is 1. The van der Waals surface area contributed by atoms with Crippen molar-refractivity contribution in [3.63, 3.8) is 0 Å². The number of rotatable bonds is 8. The van der Waals surface area contributed by atoms with E-state index in [4.69, 9.17) is 4.74 Å². The summed E-state index contributed by atoms with van der Waals surface area (Å²) < 4.78 is 5.01. The molecule has 0 saturated carbocycles. The van der Waals surface area contributed by atoms with E-state index in [1.165, 1.54) is 0 Å². The molecule has 3 nitrogen and oxygen atoms in total. The van der Waals surface area contributed by atoms with Gasteiger partial charge in [0.25, 0.3) is 0 Å². The summed E-state index contributed by atoms with van der Waals surface area (Å²) >= 11 is 1.90. The van der Waals surface area contributed by atoms with Gasteiger partial charge < -0.3 is 10.1 Å². The highest BCUT2D eigenvalue weighted by Gasteiger charge is 1.97. The van der Waals surface area contributed by atoms with Crippen LogP contribution in [0.2, 0.25) is 0 Å². The summed E-state index contributed by atoms with van der Waals surface area (Å²) in [5.74, 6) is 3.07. The minimum Gasteiger partial charge on any atom is -0.385 e. The van der Waals surface area contributed by atoms with Crippen LogP contribution in [-0.4, -0.2) is 31.0 Å². The number of thioether (sulfide) groups is 1. The Morgan fingerprint density at radius 3 is 3.06 bits per heavy atom. The highest BCUT2D eigenvalue weighted by atomic mass is 32.2. The molecule has 0 radical (unpaired) electrons. The molecular formula is C12H20N2OS. The normalized spacial score (nSPS) is 10.4. The van der Waals surface area contributed by atoms with Crippen molar-refractivity contribution >= 4 is 17.6 Å². The van der Waals surface area contributed by atoms with Crippen molar-refractivity contribution in [1.82, 2.24) is 4.98 Å². The predicted octanol–water partition coefficient (Wildman–Crippen LogP) is 2.78. The fraction of sp³-hybridized carbons (Fsp3) is 0.583. The van der Waals surface area contributed by atoms with Crippen LogP contribution in [0.5, 0.6) is 0 Å². The first-order valence-corrected chi connectivity index (χ1v) is 6.78. The van der Waals surface area contributed by atoms with Gasteiger partial charge in [0.1, 0.15) is 5.82 Å². The quantitative estimate of drug-likeness (QED) is 0.709. The van der Waals surface area contributed by atoms with Crippen LogP contribution < -0.4 is 5.32 Å². The van der Waals surface area contributed by atoms with Gasteiger partial charge in [-0.1, -0.05) is 6.07 Å². The Kier molecular flexibility index (Phi) is 7.01. The summed E-state index contributed by atoms with van der Waals surface area (Å²) in [7, 11) is 1.74. The van der Waals surface area contributed by atoms with Crippen LogP contribution in [0.25, 0.3) is 0 Å². The van der Waals surface area contributed by atoms with Crippen molar-refractivity contribution in [2.75, 3.05) is 31.3 Å². The molecule has 1 N–H and O–H groups in total. The summed E-state index contributed by atoms with van der Waals surface area (Å²) in [6.07, 6.45) is 1.11. The first kappa shape index (κ1) is 13.3. The van der Waals surface area contributed by atoms with Crippen molar-refractivity contribution < 1.29 is 4.74 Å². The van der Waals surface area contributed by atoms with Gasteiger partial charge in [0.2, 0.25) is 0 Å². The largest absolute Gasteiger partial charge is 0.385 e. The molecule has 0 fully saturated rings. The highest BCUT2D eigenvalue weighted by Crippen LogP contribution is 2.13. The summed E-state index contributed by atoms with van der Waals surface area (Å²) in [4.78, 5) is 4.52. The summed E-state index contributed by atoms with van der Waals surface area (Å²) in [6.45, 7) is 3.84. The zero-order chi connectivity index (χ0) is 11.6. The molecule has 0 spiro atoms. The van der Waals surface area contributed by atoms with Gasteiger partial charge in [0.05, 0.1) is 5.69 Å². The lowest BCUT2D eigenvalue weighted by molar-refractivity contribution is 0.200. The molecule has 0 bridgehead atoms. The first-order valence-electron chi connectivity index (χ1n) is 5.63. The first-order chi connectivity index (χ1) is 7.86. The molecule has 0 aliphatic rings. The van der Waals surface area contributed by atoms with E-state index < -0.39 is 0 Å². The molecule has 0 saturated heterocycles. The number of nitrogens with zero attached hydrogens (tertiary/aromatic N) is 1. The van der Waals surface area contributed by atoms with E-state index in [1.54, 1.807) is 7.11 Å². The van der Waals surface area contributed by atoms with Crippen LogP contribution in [0.1, 0.15) is 19.0 Å². The van der Waals surface area contributed by atoms with Gasteiger partial charge in [-0.2, -0.15) is 11.8 Å². The number of nitrogens with one attached hydrogen (secondary N) is 1. The third-order valence-corrected chi connectivity index (χ3v) is 3.13. The Morgan fingerprint density at radius 1 is 1.44 bits per heavy atom. The lowest BCUT2D eigenvalue weighted by Crippen LogP contribution is -2.00. The maximum absolute atomic E-state index is 5.01. The third kappa shape index (κ3) is 5.37. The van der Waals surface area contributed by atoms with E-state index in [0.717, 1.165) is 42.6 Å². The summed E-state index contributed by atoms with van der Waals surface area (Å²) in [5.41, 5.74) is 1.14. The maximum Gasteiger partial charge on any atom is 0.126 e. The molecule has 0 amide bonds. The van der Waals surface area contributed by atoms with E-state index in [0.29, 0.717) is 0 Å². The van der Waals surface area contributed by atoms with Gasteiger partial charge in [-0.15, -0.1) is 0 Å². The second kappa shape index (κ2) is 8.42. The summed E-state index contributed by atoms with van der Waals surface area (Å²) in [6, 6.07) is 6.13. The van der Waals surface area contributed by atoms with E-state index >= 15 is 0 Å². The van der Waals surface area contributed by atoms with Gasteiger partial charge >= 0.3 is 0 Å². The van der Waals surface area contributed by atoms with Crippen molar-refractivity contribution in [2.45, 2.75) is 19.1 Å². The van der Waals surface area contributed by atoms with Crippen molar-refractivity contribution in [1.29, 1.82) is 0 Å².